The third-order valence-corrected chi connectivity index (χ3v) is 3.10. The van der Waals surface area contributed by atoms with Gasteiger partial charge in [0.15, 0.2) is 0 Å². The van der Waals surface area contributed by atoms with E-state index in [1.807, 2.05) is 0 Å². The van der Waals surface area contributed by atoms with E-state index in [0.717, 1.165) is 25.7 Å². The highest BCUT2D eigenvalue weighted by atomic mass is 16.4. The predicted octanol–water partition coefficient (Wildman–Crippen LogP) is 0.844. The first kappa shape index (κ1) is 14.8. The predicted molar refractivity (Wildman–Crippen MR) is 66.3 cm³/mol. The van der Waals surface area contributed by atoms with Crippen molar-refractivity contribution in [1.82, 2.24) is 10.6 Å². The van der Waals surface area contributed by atoms with Crippen molar-refractivity contribution in [2.75, 3.05) is 6.54 Å². The molecule has 0 aromatic heterocycles. The Bertz CT molecular complexity index is 298. The molecule has 1 aliphatic rings. The fourth-order valence-corrected chi connectivity index (χ4v) is 2.14. The Labute approximate surface area is 107 Å². The fraction of sp³-hybridized carbons (Fsp3) is 0.833. The molecule has 1 saturated carbocycles. The van der Waals surface area contributed by atoms with E-state index in [9.17, 15) is 14.7 Å². The van der Waals surface area contributed by atoms with E-state index in [1.165, 1.54) is 13.3 Å². The second kappa shape index (κ2) is 6.58. The van der Waals surface area contributed by atoms with Gasteiger partial charge >= 0.3 is 12.0 Å². The molecular formula is C12H22N2O4. The minimum atomic E-state index is -1.42. The second-order valence-electron chi connectivity index (χ2n) is 5.23. The van der Waals surface area contributed by atoms with Crippen molar-refractivity contribution in [3.63, 3.8) is 0 Å². The third-order valence-electron chi connectivity index (χ3n) is 3.10. The molecule has 2 amide bonds. The van der Waals surface area contributed by atoms with E-state index < -0.39 is 18.0 Å². The average Bonchev–Trinajstić information content (AvgIpc) is 2.26. The molecule has 4 N–H and O–H groups in total. The van der Waals surface area contributed by atoms with Gasteiger partial charge in [0.05, 0.1) is 12.0 Å². The van der Waals surface area contributed by atoms with E-state index in [-0.39, 0.29) is 18.6 Å². The minimum Gasteiger partial charge on any atom is -0.481 e. The molecule has 1 aliphatic carbocycles. The number of nitrogens with one attached hydrogen (secondary N) is 2. The zero-order valence-corrected chi connectivity index (χ0v) is 10.7. The number of urea groups is 1. The van der Waals surface area contributed by atoms with Crippen LogP contribution in [-0.2, 0) is 4.79 Å². The quantitative estimate of drug-likeness (QED) is 0.587. The van der Waals surface area contributed by atoms with Crippen LogP contribution in [0.25, 0.3) is 0 Å². The van der Waals surface area contributed by atoms with E-state index in [0.29, 0.717) is 0 Å². The molecule has 1 rings (SSSR count). The van der Waals surface area contributed by atoms with Gasteiger partial charge in [0.2, 0.25) is 0 Å². The van der Waals surface area contributed by atoms with Gasteiger partial charge in [0.1, 0.15) is 0 Å². The molecule has 0 aromatic carbocycles. The first-order chi connectivity index (χ1) is 8.39. The lowest BCUT2D eigenvalue weighted by molar-refractivity contribution is -0.141. The van der Waals surface area contributed by atoms with Gasteiger partial charge in [0, 0.05) is 12.6 Å². The molecule has 0 heterocycles. The molecule has 104 valence electrons. The number of aliphatic hydroxyl groups is 1. The highest BCUT2D eigenvalue weighted by Crippen LogP contribution is 2.17. The molecular weight excluding hydrogens is 236 g/mol. The van der Waals surface area contributed by atoms with Gasteiger partial charge < -0.3 is 20.8 Å². The van der Waals surface area contributed by atoms with Crippen molar-refractivity contribution in [3.8, 4) is 0 Å². The average molecular weight is 258 g/mol. The van der Waals surface area contributed by atoms with Crippen LogP contribution in [0.1, 0.15) is 45.4 Å². The van der Waals surface area contributed by atoms with Crippen LogP contribution in [0, 0.1) is 0 Å². The zero-order chi connectivity index (χ0) is 13.6. The summed E-state index contributed by atoms with van der Waals surface area (Å²) in [6.45, 7) is 1.32. The Morgan fingerprint density at radius 1 is 1.28 bits per heavy atom. The Morgan fingerprint density at radius 3 is 2.44 bits per heavy atom. The van der Waals surface area contributed by atoms with Crippen molar-refractivity contribution in [2.24, 2.45) is 0 Å². The van der Waals surface area contributed by atoms with Gasteiger partial charge in [-0.05, 0) is 19.8 Å². The molecule has 0 aliphatic heterocycles. The van der Waals surface area contributed by atoms with E-state index in [1.54, 1.807) is 0 Å². The summed E-state index contributed by atoms with van der Waals surface area (Å²) >= 11 is 0. The smallest absolute Gasteiger partial charge is 0.315 e. The summed E-state index contributed by atoms with van der Waals surface area (Å²) in [5.41, 5.74) is -1.42. The van der Waals surface area contributed by atoms with Crippen LogP contribution in [0.3, 0.4) is 0 Å². The van der Waals surface area contributed by atoms with Crippen LogP contribution < -0.4 is 10.6 Å². The molecule has 0 aromatic rings. The molecule has 0 spiro atoms. The van der Waals surface area contributed by atoms with Gasteiger partial charge in [-0.2, -0.15) is 0 Å². The van der Waals surface area contributed by atoms with Crippen LogP contribution in [0.4, 0.5) is 4.79 Å². The number of hydrogen-bond acceptors (Lipinski definition) is 3. The van der Waals surface area contributed by atoms with Crippen molar-refractivity contribution in [2.45, 2.75) is 57.1 Å². The highest BCUT2D eigenvalue weighted by molar-refractivity contribution is 5.74. The number of aliphatic carboxylic acids is 1. The van der Waals surface area contributed by atoms with Crippen molar-refractivity contribution in [3.05, 3.63) is 0 Å². The fourth-order valence-electron chi connectivity index (χ4n) is 2.14. The molecule has 0 bridgehead atoms. The first-order valence-electron chi connectivity index (χ1n) is 6.37. The molecule has 18 heavy (non-hydrogen) atoms. The van der Waals surface area contributed by atoms with Gasteiger partial charge in [-0.3, -0.25) is 4.79 Å². The SMILES string of the molecule is CC(O)(CNC(=O)NC1CCCCC1)CC(=O)O. The molecule has 6 nitrogen and oxygen atoms in total. The lowest BCUT2D eigenvalue weighted by atomic mass is 9.96. The summed E-state index contributed by atoms with van der Waals surface area (Å²) in [5, 5.41) is 23.7. The second-order valence-corrected chi connectivity index (χ2v) is 5.23. The van der Waals surface area contributed by atoms with Gasteiger partial charge in [-0.25, -0.2) is 4.79 Å². The Morgan fingerprint density at radius 2 is 1.89 bits per heavy atom. The summed E-state index contributed by atoms with van der Waals surface area (Å²) < 4.78 is 0. The zero-order valence-electron chi connectivity index (χ0n) is 10.7. The van der Waals surface area contributed by atoms with Gasteiger partial charge in [-0.15, -0.1) is 0 Å². The van der Waals surface area contributed by atoms with Crippen molar-refractivity contribution >= 4 is 12.0 Å². The van der Waals surface area contributed by atoms with Crippen LogP contribution in [0.15, 0.2) is 0 Å². The van der Waals surface area contributed by atoms with Gasteiger partial charge in [-0.1, -0.05) is 19.3 Å². The molecule has 1 atom stereocenters. The van der Waals surface area contributed by atoms with Crippen LogP contribution in [-0.4, -0.2) is 40.4 Å². The maximum absolute atomic E-state index is 11.6. The lowest BCUT2D eigenvalue weighted by Crippen LogP contribution is -2.48. The number of amides is 2. The molecule has 1 unspecified atom stereocenters. The van der Waals surface area contributed by atoms with Crippen LogP contribution in [0.2, 0.25) is 0 Å². The molecule has 0 saturated heterocycles. The topological polar surface area (TPSA) is 98.7 Å². The van der Waals surface area contributed by atoms with E-state index >= 15 is 0 Å². The molecule has 0 radical (unpaired) electrons. The number of carboxylic acid groups (broad SMARTS) is 1. The van der Waals surface area contributed by atoms with Crippen molar-refractivity contribution in [1.29, 1.82) is 0 Å². The van der Waals surface area contributed by atoms with Crippen LogP contribution in [0.5, 0.6) is 0 Å². The monoisotopic (exact) mass is 258 g/mol. The number of carbonyl (C=O) groups is 2. The molecule has 6 heteroatoms. The van der Waals surface area contributed by atoms with E-state index in [2.05, 4.69) is 10.6 Å². The van der Waals surface area contributed by atoms with Crippen LogP contribution >= 0.6 is 0 Å². The Hall–Kier alpha value is -1.30. The summed E-state index contributed by atoms with van der Waals surface area (Å²) in [6.07, 6.45) is 5.05. The summed E-state index contributed by atoms with van der Waals surface area (Å²) in [7, 11) is 0. The first-order valence-corrected chi connectivity index (χ1v) is 6.37. The highest BCUT2D eigenvalue weighted by Gasteiger charge is 2.25. The minimum absolute atomic E-state index is 0.0716. The summed E-state index contributed by atoms with van der Waals surface area (Å²) in [6, 6.07) is -0.143. The van der Waals surface area contributed by atoms with Crippen molar-refractivity contribution < 1.29 is 19.8 Å². The number of carboxylic acids is 1. The van der Waals surface area contributed by atoms with E-state index in [4.69, 9.17) is 5.11 Å². The Balaban J connectivity index is 2.25. The maximum Gasteiger partial charge on any atom is 0.315 e. The standard InChI is InChI=1S/C12H22N2O4/c1-12(18,7-10(15)16)8-13-11(17)14-9-5-3-2-4-6-9/h9,18H,2-8H2,1H3,(H,15,16)(H2,13,14,17). The maximum atomic E-state index is 11.6. The largest absolute Gasteiger partial charge is 0.481 e. The third kappa shape index (κ3) is 5.86. The Kier molecular flexibility index (Phi) is 5.40. The van der Waals surface area contributed by atoms with Gasteiger partial charge in [0.25, 0.3) is 0 Å². The molecule has 1 fully saturated rings. The number of hydrogen-bond donors (Lipinski definition) is 4. The number of rotatable bonds is 5. The number of carbonyl (C=O) groups excluding carboxylic acids is 1. The summed E-state index contributed by atoms with van der Waals surface area (Å²) in [4.78, 5) is 22.1. The summed E-state index contributed by atoms with van der Waals surface area (Å²) in [5.74, 6) is -1.09. The lowest BCUT2D eigenvalue weighted by Gasteiger charge is -2.25. The normalized spacial score (nSPS) is 19.9.